The van der Waals surface area contributed by atoms with Gasteiger partial charge >= 0.3 is 0 Å². The van der Waals surface area contributed by atoms with E-state index in [1.54, 1.807) is 6.20 Å². The van der Waals surface area contributed by atoms with Crippen molar-refractivity contribution in [2.24, 2.45) is 0 Å². The van der Waals surface area contributed by atoms with E-state index in [1.165, 1.54) is 5.56 Å². The molecule has 0 saturated carbocycles. The lowest BCUT2D eigenvalue weighted by atomic mass is 10.2. The summed E-state index contributed by atoms with van der Waals surface area (Å²) in [5, 5.41) is 6.59. The largest absolute Gasteiger partial charge is 0.489 e. The normalized spacial score (nSPS) is 10.1. The molecule has 0 spiro atoms. The Morgan fingerprint density at radius 1 is 1.29 bits per heavy atom. The SMILES string of the molecule is Cc1ccc(OCc2cn[nH]c2)cc1. The van der Waals surface area contributed by atoms with Gasteiger partial charge in [-0.25, -0.2) is 0 Å². The van der Waals surface area contributed by atoms with Crippen molar-refractivity contribution in [2.75, 3.05) is 0 Å². The van der Waals surface area contributed by atoms with Gasteiger partial charge in [0.2, 0.25) is 0 Å². The van der Waals surface area contributed by atoms with E-state index in [0.717, 1.165) is 11.3 Å². The molecule has 0 radical (unpaired) electrons. The van der Waals surface area contributed by atoms with E-state index in [9.17, 15) is 0 Å². The summed E-state index contributed by atoms with van der Waals surface area (Å²) in [6.45, 7) is 2.61. The van der Waals surface area contributed by atoms with Crippen molar-refractivity contribution in [3.8, 4) is 5.75 Å². The van der Waals surface area contributed by atoms with Gasteiger partial charge in [-0.1, -0.05) is 17.7 Å². The Morgan fingerprint density at radius 3 is 2.71 bits per heavy atom. The van der Waals surface area contributed by atoms with Crippen LogP contribution in [-0.4, -0.2) is 10.2 Å². The molecule has 0 saturated heterocycles. The van der Waals surface area contributed by atoms with Gasteiger partial charge in [0.05, 0.1) is 6.20 Å². The zero-order chi connectivity index (χ0) is 9.80. The van der Waals surface area contributed by atoms with Crippen LogP contribution in [0, 0.1) is 6.92 Å². The summed E-state index contributed by atoms with van der Waals surface area (Å²) in [6, 6.07) is 8.00. The van der Waals surface area contributed by atoms with E-state index in [2.05, 4.69) is 17.1 Å². The monoisotopic (exact) mass is 188 g/mol. The van der Waals surface area contributed by atoms with Crippen molar-refractivity contribution in [3.05, 3.63) is 47.8 Å². The molecule has 0 unspecified atom stereocenters. The molecule has 1 aromatic heterocycles. The molecule has 0 aliphatic carbocycles. The Kier molecular flexibility index (Phi) is 2.49. The number of hydrogen-bond acceptors (Lipinski definition) is 2. The number of rotatable bonds is 3. The highest BCUT2D eigenvalue weighted by atomic mass is 16.5. The van der Waals surface area contributed by atoms with Crippen LogP contribution < -0.4 is 4.74 Å². The van der Waals surface area contributed by atoms with Crippen LogP contribution in [0.5, 0.6) is 5.75 Å². The molecule has 0 fully saturated rings. The van der Waals surface area contributed by atoms with Gasteiger partial charge in [-0.3, -0.25) is 5.10 Å². The second-order valence-electron chi connectivity index (χ2n) is 3.21. The van der Waals surface area contributed by atoms with E-state index in [-0.39, 0.29) is 0 Å². The van der Waals surface area contributed by atoms with E-state index in [1.807, 2.05) is 30.5 Å². The van der Waals surface area contributed by atoms with Crippen LogP contribution in [0.15, 0.2) is 36.7 Å². The molecule has 1 aromatic carbocycles. The van der Waals surface area contributed by atoms with Crippen LogP contribution in [0.2, 0.25) is 0 Å². The first-order valence-corrected chi connectivity index (χ1v) is 4.52. The third-order valence-electron chi connectivity index (χ3n) is 1.98. The van der Waals surface area contributed by atoms with E-state index in [0.29, 0.717) is 6.61 Å². The molecule has 14 heavy (non-hydrogen) atoms. The number of H-pyrrole nitrogens is 1. The molecular formula is C11H12N2O. The molecule has 0 atom stereocenters. The number of nitrogens with zero attached hydrogens (tertiary/aromatic N) is 1. The molecular weight excluding hydrogens is 176 g/mol. The second kappa shape index (κ2) is 3.96. The average Bonchev–Trinajstić information content (AvgIpc) is 2.70. The molecule has 72 valence electrons. The van der Waals surface area contributed by atoms with Gasteiger partial charge in [0.15, 0.2) is 0 Å². The van der Waals surface area contributed by atoms with Crippen LogP contribution in [0.25, 0.3) is 0 Å². The predicted octanol–water partition coefficient (Wildman–Crippen LogP) is 2.30. The maximum atomic E-state index is 5.55. The number of aromatic amines is 1. The summed E-state index contributed by atoms with van der Waals surface area (Å²) >= 11 is 0. The maximum absolute atomic E-state index is 5.55. The van der Waals surface area contributed by atoms with Gasteiger partial charge in [-0.15, -0.1) is 0 Å². The van der Waals surface area contributed by atoms with Crippen molar-refractivity contribution in [1.82, 2.24) is 10.2 Å². The number of nitrogens with one attached hydrogen (secondary N) is 1. The lowest BCUT2D eigenvalue weighted by molar-refractivity contribution is 0.306. The number of hydrogen-bond donors (Lipinski definition) is 1. The quantitative estimate of drug-likeness (QED) is 0.802. The topological polar surface area (TPSA) is 37.9 Å². The highest BCUT2D eigenvalue weighted by Crippen LogP contribution is 2.12. The van der Waals surface area contributed by atoms with E-state index >= 15 is 0 Å². The summed E-state index contributed by atoms with van der Waals surface area (Å²) in [6.07, 6.45) is 3.59. The first kappa shape index (κ1) is 8.81. The number of ether oxygens (including phenoxy) is 1. The van der Waals surface area contributed by atoms with Gasteiger partial charge in [0.25, 0.3) is 0 Å². The third-order valence-corrected chi connectivity index (χ3v) is 1.98. The zero-order valence-corrected chi connectivity index (χ0v) is 8.03. The van der Waals surface area contributed by atoms with Gasteiger partial charge in [-0.2, -0.15) is 5.10 Å². The average molecular weight is 188 g/mol. The Balaban J connectivity index is 1.95. The highest BCUT2D eigenvalue weighted by molar-refractivity contribution is 5.26. The molecule has 0 bridgehead atoms. The third kappa shape index (κ3) is 2.13. The summed E-state index contributed by atoms with van der Waals surface area (Å²) in [5.74, 6) is 0.886. The van der Waals surface area contributed by atoms with E-state index in [4.69, 9.17) is 4.74 Å². The Labute approximate surface area is 82.7 Å². The minimum Gasteiger partial charge on any atom is -0.489 e. The summed E-state index contributed by atoms with van der Waals surface area (Å²) in [4.78, 5) is 0. The Hall–Kier alpha value is -1.77. The first-order valence-electron chi connectivity index (χ1n) is 4.52. The number of aryl methyl sites for hydroxylation is 1. The lowest BCUT2D eigenvalue weighted by Gasteiger charge is -2.03. The van der Waals surface area contributed by atoms with Crippen molar-refractivity contribution < 1.29 is 4.74 Å². The molecule has 1 heterocycles. The molecule has 1 N–H and O–H groups in total. The summed E-state index contributed by atoms with van der Waals surface area (Å²) in [5.41, 5.74) is 2.28. The minimum absolute atomic E-state index is 0.555. The smallest absolute Gasteiger partial charge is 0.119 e. The molecule has 2 rings (SSSR count). The summed E-state index contributed by atoms with van der Waals surface area (Å²) in [7, 11) is 0. The van der Waals surface area contributed by atoms with E-state index < -0.39 is 0 Å². The van der Waals surface area contributed by atoms with Crippen molar-refractivity contribution in [1.29, 1.82) is 0 Å². The molecule has 2 aromatic rings. The maximum Gasteiger partial charge on any atom is 0.119 e. The fourth-order valence-corrected chi connectivity index (χ4v) is 1.16. The van der Waals surface area contributed by atoms with Gasteiger partial charge in [-0.05, 0) is 19.1 Å². The number of benzene rings is 1. The minimum atomic E-state index is 0.555. The zero-order valence-electron chi connectivity index (χ0n) is 8.03. The molecule has 0 aliphatic rings. The van der Waals surface area contributed by atoms with Crippen LogP contribution in [0.4, 0.5) is 0 Å². The van der Waals surface area contributed by atoms with Crippen molar-refractivity contribution in [2.45, 2.75) is 13.5 Å². The van der Waals surface area contributed by atoms with Gasteiger partial charge < -0.3 is 4.74 Å². The number of aromatic nitrogens is 2. The molecule has 0 aliphatic heterocycles. The Morgan fingerprint density at radius 2 is 2.07 bits per heavy atom. The van der Waals surface area contributed by atoms with Gasteiger partial charge in [0.1, 0.15) is 12.4 Å². The second-order valence-corrected chi connectivity index (χ2v) is 3.21. The first-order chi connectivity index (χ1) is 6.84. The molecule has 3 nitrogen and oxygen atoms in total. The van der Waals surface area contributed by atoms with Crippen LogP contribution in [0.1, 0.15) is 11.1 Å². The molecule has 0 amide bonds. The van der Waals surface area contributed by atoms with Crippen LogP contribution in [0.3, 0.4) is 0 Å². The Bertz CT molecular complexity index is 378. The van der Waals surface area contributed by atoms with Crippen LogP contribution >= 0.6 is 0 Å². The fourth-order valence-electron chi connectivity index (χ4n) is 1.16. The summed E-state index contributed by atoms with van der Waals surface area (Å²) < 4.78 is 5.55. The van der Waals surface area contributed by atoms with Crippen molar-refractivity contribution >= 4 is 0 Å². The predicted molar refractivity (Wildman–Crippen MR) is 54.1 cm³/mol. The fraction of sp³-hybridized carbons (Fsp3) is 0.182. The van der Waals surface area contributed by atoms with Crippen LogP contribution in [-0.2, 0) is 6.61 Å². The highest BCUT2D eigenvalue weighted by Gasteiger charge is 1.95. The van der Waals surface area contributed by atoms with Crippen molar-refractivity contribution in [3.63, 3.8) is 0 Å². The molecule has 3 heteroatoms. The lowest BCUT2D eigenvalue weighted by Crippen LogP contribution is -1.93. The standard InChI is InChI=1S/C11H12N2O/c1-9-2-4-11(5-3-9)14-8-10-6-12-13-7-10/h2-7H,8H2,1H3,(H,12,13). The van der Waals surface area contributed by atoms with Gasteiger partial charge in [0, 0.05) is 11.8 Å².